The van der Waals surface area contributed by atoms with Gasteiger partial charge in [0.25, 0.3) is 0 Å². The van der Waals surface area contributed by atoms with Crippen LogP contribution in [0.2, 0.25) is 19.6 Å². The molecule has 0 saturated heterocycles. The van der Waals surface area contributed by atoms with Crippen molar-refractivity contribution in [3.8, 4) is 11.5 Å². The number of aromatic nitrogens is 1. The van der Waals surface area contributed by atoms with Crippen LogP contribution in [-0.4, -0.2) is 13.1 Å². The molecule has 0 N–H and O–H groups in total. The van der Waals surface area contributed by atoms with E-state index in [0.717, 1.165) is 16.3 Å². The zero-order valence-corrected chi connectivity index (χ0v) is 14.8. The van der Waals surface area contributed by atoms with Crippen molar-refractivity contribution in [1.29, 1.82) is 0 Å². The van der Waals surface area contributed by atoms with Crippen LogP contribution in [0.3, 0.4) is 0 Å². The molecule has 23 heavy (non-hydrogen) atoms. The second-order valence-electron chi connectivity index (χ2n) is 6.19. The zero-order chi connectivity index (χ0) is 16.6. The normalized spacial score (nSPS) is 11.7. The molecule has 0 bridgehead atoms. The van der Waals surface area contributed by atoms with Crippen LogP contribution >= 0.6 is 11.3 Å². The number of nitrogens with zero attached hydrogens (tertiary/aromatic N) is 2. The van der Waals surface area contributed by atoms with Crippen molar-refractivity contribution >= 4 is 39.8 Å². The van der Waals surface area contributed by atoms with Gasteiger partial charge >= 0.3 is 0 Å². The van der Waals surface area contributed by atoms with Gasteiger partial charge in [-0.25, -0.2) is 4.39 Å². The molecule has 0 aliphatic heterocycles. The monoisotopic (exact) mass is 346 g/mol. The van der Waals surface area contributed by atoms with Crippen LogP contribution in [0.1, 0.15) is 0 Å². The van der Waals surface area contributed by atoms with Gasteiger partial charge in [-0.3, -0.25) is 4.98 Å². The minimum Gasteiger partial charge on any atom is -0.453 e. The van der Waals surface area contributed by atoms with Crippen molar-refractivity contribution in [2.24, 2.45) is 5.18 Å². The molecule has 7 heteroatoms. The van der Waals surface area contributed by atoms with E-state index in [4.69, 9.17) is 4.74 Å². The largest absolute Gasteiger partial charge is 0.453 e. The maximum Gasteiger partial charge on any atom is 0.167 e. The summed E-state index contributed by atoms with van der Waals surface area (Å²) in [7, 11) is -1.45. The highest BCUT2D eigenvalue weighted by molar-refractivity contribution is 7.31. The standard InChI is InChI=1S/C16H15FN2O2SSi/c1-23(2,3)15-9-12-16(22-15)14(6-7-18-12)21-13-5-4-10(19-20)8-11(13)17/h4-9H,1-3H3. The van der Waals surface area contributed by atoms with Crippen LogP contribution in [0.4, 0.5) is 10.1 Å². The summed E-state index contributed by atoms with van der Waals surface area (Å²) in [6.45, 7) is 6.80. The highest BCUT2D eigenvalue weighted by Crippen LogP contribution is 2.34. The number of rotatable bonds is 4. The van der Waals surface area contributed by atoms with Gasteiger partial charge in [-0.1, -0.05) is 19.6 Å². The highest BCUT2D eigenvalue weighted by atomic mass is 32.1. The fourth-order valence-corrected chi connectivity index (χ4v) is 5.03. The van der Waals surface area contributed by atoms with Gasteiger partial charge in [-0.15, -0.1) is 16.2 Å². The SMILES string of the molecule is C[Si](C)(C)c1cc2nccc(Oc3ccc(N=O)cc3F)c2s1. The number of nitroso groups, excluding NO2 is 1. The van der Waals surface area contributed by atoms with Gasteiger partial charge in [0, 0.05) is 18.3 Å². The molecule has 3 aromatic rings. The molecule has 3 rings (SSSR count). The Hall–Kier alpha value is -2.12. The Morgan fingerprint density at radius 3 is 2.61 bits per heavy atom. The molecule has 2 heterocycles. The first kappa shape index (κ1) is 15.8. The summed E-state index contributed by atoms with van der Waals surface area (Å²) < 4.78 is 21.9. The molecule has 2 aromatic heterocycles. The van der Waals surface area contributed by atoms with E-state index in [1.54, 1.807) is 23.6 Å². The lowest BCUT2D eigenvalue weighted by molar-refractivity contribution is 0.447. The molecule has 0 aliphatic rings. The number of hydrogen-bond acceptors (Lipinski definition) is 5. The fraction of sp³-hybridized carbons (Fsp3) is 0.188. The Morgan fingerprint density at radius 2 is 1.96 bits per heavy atom. The van der Waals surface area contributed by atoms with Crippen LogP contribution in [0.5, 0.6) is 11.5 Å². The lowest BCUT2D eigenvalue weighted by atomic mass is 10.3. The summed E-state index contributed by atoms with van der Waals surface area (Å²) in [5.41, 5.74) is 0.892. The van der Waals surface area contributed by atoms with Crippen molar-refractivity contribution < 1.29 is 9.13 Å². The van der Waals surface area contributed by atoms with Crippen LogP contribution in [0.25, 0.3) is 10.2 Å². The number of fused-ring (bicyclic) bond motifs is 1. The number of thiophene rings is 1. The molecule has 4 nitrogen and oxygen atoms in total. The maximum absolute atomic E-state index is 14.0. The second-order valence-corrected chi connectivity index (χ2v) is 12.6. The highest BCUT2D eigenvalue weighted by Gasteiger charge is 2.21. The summed E-state index contributed by atoms with van der Waals surface area (Å²) >= 11 is 1.65. The first-order valence-corrected chi connectivity index (χ1v) is 11.4. The third-order valence-electron chi connectivity index (χ3n) is 3.36. The summed E-state index contributed by atoms with van der Waals surface area (Å²) in [5.74, 6) is 0.0112. The average Bonchev–Trinajstić information content (AvgIpc) is 2.94. The molecule has 0 amide bonds. The first-order valence-electron chi connectivity index (χ1n) is 7.08. The van der Waals surface area contributed by atoms with Crippen molar-refractivity contribution in [3.05, 3.63) is 47.3 Å². The van der Waals surface area contributed by atoms with E-state index in [-0.39, 0.29) is 11.4 Å². The topological polar surface area (TPSA) is 51.6 Å². The predicted octanol–water partition coefficient (Wildman–Crippen LogP) is 5.17. The molecule has 0 atom stereocenters. The molecule has 0 saturated carbocycles. The number of ether oxygens (including phenoxy) is 1. The van der Waals surface area contributed by atoms with Gasteiger partial charge in [-0.2, -0.15) is 0 Å². The van der Waals surface area contributed by atoms with Gasteiger partial charge in [0.05, 0.1) is 18.3 Å². The van der Waals surface area contributed by atoms with E-state index in [2.05, 4.69) is 35.9 Å². The lowest BCUT2D eigenvalue weighted by Gasteiger charge is -2.12. The summed E-state index contributed by atoms with van der Waals surface area (Å²) in [5, 5.41) is 2.71. The van der Waals surface area contributed by atoms with Gasteiger partial charge in [0.1, 0.15) is 11.4 Å². The Morgan fingerprint density at radius 1 is 1.17 bits per heavy atom. The fourth-order valence-electron chi connectivity index (χ4n) is 2.11. The second kappa shape index (κ2) is 5.82. The Bertz CT molecular complexity index is 889. The summed E-state index contributed by atoms with van der Waals surface area (Å²) in [6.07, 6.45) is 1.65. The van der Waals surface area contributed by atoms with E-state index in [0.29, 0.717) is 5.75 Å². The van der Waals surface area contributed by atoms with E-state index in [1.807, 2.05) is 0 Å². The molecule has 0 aliphatic carbocycles. The molecule has 0 unspecified atom stereocenters. The van der Waals surface area contributed by atoms with E-state index < -0.39 is 13.9 Å². The molecule has 0 spiro atoms. The smallest absolute Gasteiger partial charge is 0.167 e. The van der Waals surface area contributed by atoms with Gasteiger partial charge < -0.3 is 4.74 Å². The van der Waals surface area contributed by atoms with Gasteiger partial charge in [0.2, 0.25) is 0 Å². The minimum atomic E-state index is -1.45. The molecule has 0 radical (unpaired) electrons. The van der Waals surface area contributed by atoms with Gasteiger partial charge in [0.15, 0.2) is 11.6 Å². The molecule has 1 aromatic carbocycles. The number of benzene rings is 1. The van der Waals surface area contributed by atoms with Crippen LogP contribution in [-0.2, 0) is 0 Å². The van der Waals surface area contributed by atoms with Crippen LogP contribution < -0.4 is 9.24 Å². The number of pyridine rings is 1. The maximum atomic E-state index is 14.0. The van der Waals surface area contributed by atoms with E-state index in [1.165, 1.54) is 16.6 Å². The molecule has 0 fully saturated rings. The average molecular weight is 346 g/mol. The molecular weight excluding hydrogens is 331 g/mol. The van der Waals surface area contributed by atoms with Gasteiger partial charge in [-0.05, 0) is 27.9 Å². The Labute approximate surface area is 137 Å². The first-order chi connectivity index (χ1) is 10.9. The van der Waals surface area contributed by atoms with Crippen molar-refractivity contribution in [1.82, 2.24) is 4.98 Å². The van der Waals surface area contributed by atoms with E-state index in [9.17, 15) is 9.30 Å². The summed E-state index contributed by atoms with van der Waals surface area (Å²) in [4.78, 5) is 14.8. The van der Waals surface area contributed by atoms with Crippen molar-refractivity contribution in [2.75, 3.05) is 0 Å². The number of halogens is 1. The summed E-state index contributed by atoms with van der Waals surface area (Å²) in [6, 6.07) is 7.70. The Kier molecular flexibility index (Phi) is 3.99. The minimum absolute atomic E-state index is 0.0341. The lowest BCUT2D eigenvalue weighted by Crippen LogP contribution is -2.34. The van der Waals surface area contributed by atoms with Crippen LogP contribution in [0.15, 0.2) is 41.7 Å². The number of hydrogen-bond donors (Lipinski definition) is 0. The zero-order valence-electron chi connectivity index (χ0n) is 13.0. The molecular formula is C16H15FN2O2SSi. The predicted molar refractivity (Wildman–Crippen MR) is 94.5 cm³/mol. The Balaban J connectivity index is 2.03. The van der Waals surface area contributed by atoms with Crippen molar-refractivity contribution in [3.63, 3.8) is 0 Å². The third-order valence-corrected chi connectivity index (χ3v) is 8.07. The van der Waals surface area contributed by atoms with E-state index >= 15 is 0 Å². The third kappa shape index (κ3) is 3.15. The van der Waals surface area contributed by atoms with Crippen molar-refractivity contribution in [2.45, 2.75) is 19.6 Å². The molecule has 118 valence electrons. The van der Waals surface area contributed by atoms with Crippen LogP contribution in [0, 0.1) is 10.7 Å². The quantitative estimate of drug-likeness (QED) is 0.484.